The molecule has 1 aliphatic rings. The Morgan fingerprint density at radius 3 is 2.68 bits per heavy atom. The first-order valence-electron chi connectivity index (χ1n) is 7.10. The van der Waals surface area contributed by atoms with E-state index in [1.807, 2.05) is 18.2 Å². The molecule has 1 fully saturated rings. The van der Waals surface area contributed by atoms with Gasteiger partial charge in [-0.2, -0.15) is 0 Å². The van der Waals surface area contributed by atoms with E-state index in [0.717, 1.165) is 43.5 Å². The highest BCUT2D eigenvalue weighted by Crippen LogP contribution is 2.34. The number of nitrogens with two attached hydrogens (primary N) is 1. The van der Waals surface area contributed by atoms with Gasteiger partial charge in [0.2, 0.25) is 0 Å². The third-order valence-electron chi connectivity index (χ3n) is 3.67. The summed E-state index contributed by atoms with van der Waals surface area (Å²) in [6.07, 6.45) is 5.30. The van der Waals surface area contributed by atoms with Gasteiger partial charge >= 0.3 is 0 Å². The Hall–Kier alpha value is -1.42. The molecule has 0 heterocycles. The summed E-state index contributed by atoms with van der Waals surface area (Å²) in [6, 6.07) is 5.69. The molecular formula is C15H24N2O2. The molecule has 0 amide bonds. The molecule has 106 valence electrons. The largest absolute Gasteiger partial charge is 0.493 e. The van der Waals surface area contributed by atoms with E-state index in [0.29, 0.717) is 12.3 Å². The van der Waals surface area contributed by atoms with Crippen LogP contribution in [0.4, 0.5) is 11.4 Å². The van der Waals surface area contributed by atoms with Crippen LogP contribution in [-0.2, 0) is 0 Å². The molecule has 0 bridgehead atoms. The lowest BCUT2D eigenvalue weighted by atomic mass is 9.98. The van der Waals surface area contributed by atoms with E-state index in [4.69, 9.17) is 10.5 Å². The van der Waals surface area contributed by atoms with Crippen LogP contribution in [0.2, 0.25) is 0 Å². The van der Waals surface area contributed by atoms with Crippen LogP contribution >= 0.6 is 0 Å². The zero-order chi connectivity index (χ0) is 13.7. The molecule has 2 rings (SSSR count). The predicted molar refractivity (Wildman–Crippen MR) is 78.5 cm³/mol. The molecule has 4 nitrogen and oxygen atoms in total. The van der Waals surface area contributed by atoms with Crippen LogP contribution in [0.15, 0.2) is 18.2 Å². The number of hydrogen-bond donors (Lipinski definition) is 3. The minimum atomic E-state index is -0.185. The molecule has 4 heteroatoms. The van der Waals surface area contributed by atoms with E-state index in [1.165, 1.54) is 0 Å². The minimum absolute atomic E-state index is 0.160. The number of aliphatic hydroxyl groups is 1. The molecular weight excluding hydrogens is 240 g/mol. The monoisotopic (exact) mass is 264 g/mol. The summed E-state index contributed by atoms with van der Waals surface area (Å²) in [5.74, 6) is 0.787. The Morgan fingerprint density at radius 1 is 1.32 bits per heavy atom. The number of hydrogen-bond acceptors (Lipinski definition) is 4. The fourth-order valence-corrected chi connectivity index (χ4v) is 2.68. The van der Waals surface area contributed by atoms with Crippen molar-refractivity contribution >= 4 is 11.4 Å². The summed E-state index contributed by atoms with van der Waals surface area (Å²) in [5, 5.41) is 13.1. The fraction of sp³-hybridized carbons (Fsp3) is 0.600. The minimum Gasteiger partial charge on any atom is -0.493 e. The Kier molecular flexibility index (Phi) is 4.53. The zero-order valence-electron chi connectivity index (χ0n) is 11.6. The van der Waals surface area contributed by atoms with Crippen molar-refractivity contribution in [3.63, 3.8) is 0 Å². The molecule has 1 aromatic rings. The molecule has 0 radical (unpaired) electrons. The average molecular weight is 264 g/mol. The van der Waals surface area contributed by atoms with Crippen LogP contribution in [0.25, 0.3) is 0 Å². The van der Waals surface area contributed by atoms with Gasteiger partial charge in [0.25, 0.3) is 0 Å². The van der Waals surface area contributed by atoms with Gasteiger partial charge in [-0.1, -0.05) is 19.8 Å². The Labute approximate surface area is 115 Å². The van der Waals surface area contributed by atoms with Gasteiger partial charge in [0.1, 0.15) is 5.75 Å². The number of nitrogen functional groups attached to an aromatic ring is 1. The van der Waals surface area contributed by atoms with Crippen molar-refractivity contribution in [2.24, 2.45) is 0 Å². The van der Waals surface area contributed by atoms with Gasteiger partial charge in [0.05, 0.1) is 18.8 Å². The Morgan fingerprint density at radius 2 is 2.05 bits per heavy atom. The van der Waals surface area contributed by atoms with Crippen LogP contribution in [0.3, 0.4) is 0 Å². The zero-order valence-corrected chi connectivity index (χ0v) is 11.6. The highest BCUT2D eigenvalue weighted by molar-refractivity contribution is 5.60. The molecule has 0 aromatic heterocycles. The Balaban J connectivity index is 2.12. The van der Waals surface area contributed by atoms with Gasteiger partial charge in [-0.3, -0.25) is 0 Å². The summed E-state index contributed by atoms with van der Waals surface area (Å²) in [7, 11) is 0. The summed E-state index contributed by atoms with van der Waals surface area (Å²) >= 11 is 0. The molecule has 0 unspecified atom stereocenters. The van der Waals surface area contributed by atoms with Gasteiger partial charge < -0.3 is 20.9 Å². The second kappa shape index (κ2) is 6.15. The van der Waals surface area contributed by atoms with E-state index < -0.39 is 0 Å². The first-order chi connectivity index (χ1) is 9.17. The molecule has 1 saturated carbocycles. The molecule has 4 N–H and O–H groups in total. The maximum atomic E-state index is 9.63. The maximum Gasteiger partial charge on any atom is 0.123 e. The highest BCUT2D eigenvalue weighted by Gasteiger charge is 2.33. The van der Waals surface area contributed by atoms with Crippen molar-refractivity contribution in [1.29, 1.82) is 0 Å². The van der Waals surface area contributed by atoms with E-state index >= 15 is 0 Å². The second-order valence-corrected chi connectivity index (χ2v) is 5.41. The van der Waals surface area contributed by atoms with E-state index in [2.05, 4.69) is 12.2 Å². The van der Waals surface area contributed by atoms with Crippen LogP contribution in [0.5, 0.6) is 5.75 Å². The van der Waals surface area contributed by atoms with Gasteiger partial charge in [-0.15, -0.1) is 0 Å². The lowest BCUT2D eigenvalue weighted by molar-refractivity contribution is 0.214. The second-order valence-electron chi connectivity index (χ2n) is 5.41. The first-order valence-corrected chi connectivity index (χ1v) is 7.10. The molecule has 0 saturated heterocycles. The standard InChI is InChI=1S/C15H24N2O2/c1-2-7-19-14-9-12(16)8-13(10-14)17-15(11-18)5-3-4-6-15/h8-10,17-18H,2-7,11,16H2,1H3. The first kappa shape index (κ1) is 14.0. The topological polar surface area (TPSA) is 67.5 Å². The molecule has 1 aliphatic carbocycles. The number of aliphatic hydroxyl groups excluding tert-OH is 1. The van der Waals surface area contributed by atoms with Gasteiger partial charge in [0, 0.05) is 23.5 Å². The van der Waals surface area contributed by atoms with E-state index in [1.54, 1.807) is 0 Å². The van der Waals surface area contributed by atoms with Crippen molar-refractivity contribution in [2.45, 2.75) is 44.6 Å². The van der Waals surface area contributed by atoms with Crippen LogP contribution in [-0.4, -0.2) is 23.9 Å². The van der Waals surface area contributed by atoms with Crippen molar-refractivity contribution in [2.75, 3.05) is 24.3 Å². The maximum absolute atomic E-state index is 9.63. The lowest BCUT2D eigenvalue weighted by Gasteiger charge is -2.29. The third kappa shape index (κ3) is 3.53. The molecule has 1 aromatic carbocycles. The van der Waals surface area contributed by atoms with Crippen LogP contribution < -0.4 is 15.8 Å². The van der Waals surface area contributed by atoms with Gasteiger partial charge in [0.15, 0.2) is 0 Å². The number of ether oxygens (including phenoxy) is 1. The van der Waals surface area contributed by atoms with Gasteiger partial charge in [-0.05, 0) is 25.3 Å². The fourth-order valence-electron chi connectivity index (χ4n) is 2.68. The third-order valence-corrected chi connectivity index (χ3v) is 3.67. The van der Waals surface area contributed by atoms with Crippen molar-refractivity contribution in [1.82, 2.24) is 0 Å². The van der Waals surface area contributed by atoms with Crippen LogP contribution in [0, 0.1) is 0 Å². The summed E-state index contributed by atoms with van der Waals surface area (Å²) in [5.41, 5.74) is 7.34. The molecule has 0 atom stereocenters. The normalized spacial score (nSPS) is 17.4. The highest BCUT2D eigenvalue weighted by atomic mass is 16.5. The number of benzene rings is 1. The molecule has 0 spiro atoms. The predicted octanol–water partition coefficient (Wildman–Crippen LogP) is 2.77. The summed E-state index contributed by atoms with van der Waals surface area (Å²) in [4.78, 5) is 0. The average Bonchev–Trinajstić information content (AvgIpc) is 2.85. The number of nitrogens with one attached hydrogen (secondary N) is 1. The van der Waals surface area contributed by atoms with E-state index in [9.17, 15) is 5.11 Å². The number of rotatable bonds is 6. The molecule has 19 heavy (non-hydrogen) atoms. The molecule has 0 aliphatic heterocycles. The SMILES string of the molecule is CCCOc1cc(N)cc(NC2(CO)CCCC2)c1. The summed E-state index contributed by atoms with van der Waals surface area (Å²) < 4.78 is 5.63. The summed E-state index contributed by atoms with van der Waals surface area (Å²) in [6.45, 7) is 2.92. The van der Waals surface area contributed by atoms with Crippen molar-refractivity contribution < 1.29 is 9.84 Å². The Bertz CT molecular complexity index is 415. The van der Waals surface area contributed by atoms with Crippen molar-refractivity contribution in [3.05, 3.63) is 18.2 Å². The van der Waals surface area contributed by atoms with Crippen LogP contribution in [0.1, 0.15) is 39.0 Å². The van der Waals surface area contributed by atoms with Crippen molar-refractivity contribution in [3.8, 4) is 5.75 Å². The number of anilines is 2. The smallest absolute Gasteiger partial charge is 0.123 e. The quantitative estimate of drug-likeness (QED) is 0.691. The van der Waals surface area contributed by atoms with E-state index in [-0.39, 0.29) is 12.1 Å². The lowest BCUT2D eigenvalue weighted by Crippen LogP contribution is -2.39. The van der Waals surface area contributed by atoms with Gasteiger partial charge in [-0.25, -0.2) is 0 Å².